The van der Waals surface area contributed by atoms with Crippen LogP contribution in [0.4, 0.5) is 4.39 Å². The van der Waals surface area contributed by atoms with Gasteiger partial charge in [-0.1, -0.05) is 15.9 Å². The number of hydrogen-bond acceptors (Lipinski definition) is 2. The Morgan fingerprint density at radius 3 is 3.00 bits per heavy atom. The number of piperidine rings is 1. The van der Waals surface area contributed by atoms with Crippen LogP contribution in [0, 0.1) is 11.7 Å². The molecule has 1 fully saturated rings. The first-order valence-electron chi connectivity index (χ1n) is 6.61. The molecular formula is C14H19BrClFN2O. The van der Waals surface area contributed by atoms with E-state index in [0.717, 1.165) is 19.5 Å². The first-order valence-corrected chi connectivity index (χ1v) is 7.40. The fourth-order valence-electron chi connectivity index (χ4n) is 2.33. The lowest BCUT2D eigenvalue weighted by Gasteiger charge is -2.22. The van der Waals surface area contributed by atoms with Crippen molar-refractivity contribution >= 4 is 34.2 Å². The highest BCUT2D eigenvalue weighted by Crippen LogP contribution is 2.16. The molecule has 0 spiro atoms. The molecule has 0 saturated carbocycles. The molecule has 2 rings (SSSR count). The van der Waals surface area contributed by atoms with Gasteiger partial charge in [0.2, 0.25) is 0 Å². The SMILES string of the molecule is Cl.O=C(NCCC1CCCNC1)c1cc(Br)ccc1F. The average Bonchev–Trinajstić information content (AvgIpc) is 2.42. The maximum atomic E-state index is 13.5. The number of nitrogens with one attached hydrogen (secondary N) is 2. The van der Waals surface area contributed by atoms with Crippen LogP contribution >= 0.6 is 28.3 Å². The van der Waals surface area contributed by atoms with Gasteiger partial charge in [0, 0.05) is 11.0 Å². The number of carbonyl (C=O) groups excluding carboxylic acids is 1. The summed E-state index contributed by atoms with van der Waals surface area (Å²) in [5.74, 6) is -0.219. The third-order valence-corrected chi connectivity index (χ3v) is 3.90. The van der Waals surface area contributed by atoms with Gasteiger partial charge in [-0.3, -0.25) is 4.79 Å². The highest BCUT2D eigenvalue weighted by molar-refractivity contribution is 9.10. The predicted molar refractivity (Wildman–Crippen MR) is 83.9 cm³/mol. The zero-order valence-electron chi connectivity index (χ0n) is 11.1. The van der Waals surface area contributed by atoms with Gasteiger partial charge < -0.3 is 10.6 Å². The molecule has 1 amide bonds. The minimum Gasteiger partial charge on any atom is -0.352 e. The Kier molecular flexibility index (Phi) is 7.48. The van der Waals surface area contributed by atoms with E-state index in [2.05, 4.69) is 26.6 Å². The molecule has 1 aromatic rings. The van der Waals surface area contributed by atoms with E-state index in [4.69, 9.17) is 0 Å². The summed E-state index contributed by atoms with van der Waals surface area (Å²) in [6.07, 6.45) is 3.33. The van der Waals surface area contributed by atoms with Crippen molar-refractivity contribution in [2.45, 2.75) is 19.3 Å². The van der Waals surface area contributed by atoms with Crippen molar-refractivity contribution in [3.63, 3.8) is 0 Å². The maximum Gasteiger partial charge on any atom is 0.254 e. The monoisotopic (exact) mass is 364 g/mol. The van der Waals surface area contributed by atoms with E-state index >= 15 is 0 Å². The molecule has 20 heavy (non-hydrogen) atoms. The molecule has 6 heteroatoms. The van der Waals surface area contributed by atoms with Crippen molar-refractivity contribution in [2.24, 2.45) is 5.92 Å². The topological polar surface area (TPSA) is 41.1 Å². The van der Waals surface area contributed by atoms with Crippen molar-refractivity contribution in [3.8, 4) is 0 Å². The fraction of sp³-hybridized carbons (Fsp3) is 0.500. The molecule has 112 valence electrons. The van der Waals surface area contributed by atoms with Crippen LogP contribution < -0.4 is 10.6 Å². The number of carbonyl (C=O) groups is 1. The molecule has 1 heterocycles. The Hall–Kier alpha value is -0.650. The summed E-state index contributed by atoms with van der Waals surface area (Å²) in [6, 6.07) is 4.39. The van der Waals surface area contributed by atoms with Crippen LogP contribution in [0.1, 0.15) is 29.6 Å². The van der Waals surface area contributed by atoms with E-state index < -0.39 is 5.82 Å². The molecule has 0 aromatic heterocycles. The second kappa shape index (κ2) is 8.60. The van der Waals surface area contributed by atoms with Crippen LogP contribution in [0.2, 0.25) is 0 Å². The molecule has 1 unspecified atom stereocenters. The lowest BCUT2D eigenvalue weighted by atomic mass is 9.96. The lowest BCUT2D eigenvalue weighted by Crippen LogP contribution is -2.33. The summed E-state index contributed by atoms with van der Waals surface area (Å²) in [5, 5.41) is 6.13. The number of amides is 1. The zero-order chi connectivity index (χ0) is 13.7. The first-order chi connectivity index (χ1) is 9.16. The summed E-state index contributed by atoms with van der Waals surface area (Å²) in [6.45, 7) is 2.70. The van der Waals surface area contributed by atoms with E-state index in [-0.39, 0.29) is 23.9 Å². The molecule has 0 bridgehead atoms. The minimum absolute atomic E-state index is 0. The summed E-state index contributed by atoms with van der Waals surface area (Å²) in [4.78, 5) is 11.9. The maximum absolute atomic E-state index is 13.5. The largest absolute Gasteiger partial charge is 0.352 e. The van der Waals surface area contributed by atoms with Gasteiger partial charge in [-0.05, 0) is 56.5 Å². The Labute approximate surface area is 133 Å². The molecule has 3 nitrogen and oxygen atoms in total. The van der Waals surface area contributed by atoms with Gasteiger partial charge in [0.05, 0.1) is 5.56 Å². The van der Waals surface area contributed by atoms with Gasteiger partial charge in [0.15, 0.2) is 0 Å². The van der Waals surface area contributed by atoms with Crippen LogP contribution in [0.3, 0.4) is 0 Å². The Morgan fingerprint density at radius 1 is 1.50 bits per heavy atom. The smallest absolute Gasteiger partial charge is 0.254 e. The standard InChI is InChI=1S/C14H18BrFN2O.ClH/c15-11-3-4-13(16)12(8-11)14(19)18-7-5-10-2-1-6-17-9-10;/h3-4,8,10,17H,1-2,5-7,9H2,(H,18,19);1H. The van der Waals surface area contributed by atoms with Gasteiger partial charge >= 0.3 is 0 Å². The second-order valence-corrected chi connectivity index (χ2v) is 5.80. The quantitative estimate of drug-likeness (QED) is 0.861. The summed E-state index contributed by atoms with van der Waals surface area (Å²) in [7, 11) is 0. The van der Waals surface area contributed by atoms with Crippen LogP contribution in [-0.4, -0.2) is 25.5 Å². The van der Waals surface area contributed by atoms with Crippen LogP contribution in [0.5, 0.6) is 0 Å². The summed E-state index contributed by atoms with van der Waals surface area (Å²) < 4.78 is 14.2. The Bertz CT molecular complexity index is 453. The molecule has 0 aliphatic carbocycles. The van der Waals surface area contributed by atoms with Gasteiger partial charge in [0.1, 0.15) is 5.82 Å². The second-order valence-electron chi connectivity index (χ2n) is 4.88. The summed E-state index contributed by atoms with van der Waals surface area (Å²) >= 11 is 3.24. The molecule has 0 radical (unpaired) electrons. The van der Waals surface area contributed by atoms with Crippen molar-refractivity contribution in [1.29, 1.82) is 0 Å². The van der Waals surface area contributed by atoms with Crippen molar-refractivity contribution in [2.75, 3.05) is 19.6 Å². The zero-order valence-corrected chi connectivity index (χ0v) is 13.5. The molecule has 1 aliphatic rings. The first kappa shape index (κ1) is 17.4. The van der Waals surface area contributed by atoms with Crippen LogP contribution in [-0.2, 0) is 0 Å². The van der Waals surface area contributed by atoms with E-state index in [1.807, 2.05) is 0 Å². The van der Waals surface area contributed by atoms with E-state index in [9.17, 15) is 9.18 Å². The third-order valence-electron chi connectivity index (χ3n) is 3.41. The molecule has 1 aliphatic heterocycles. The molecule has 2 N–H and O–H groups in total. The van der Waals surface area contributed by atoms with Crippen molar-refractivity contribution in [1.82, 2.24) is 10.6 Å². The van der Waals surface area contributed by atoms with Gasteiger partial charge in [-0.15, -0.1) is 12.4 Å². The van der Waals surface area contributed by atoms with E-state index in [1.165, 1.54) is 25.0 Å². The number of hydrogen-bond donors (Lipinski definition) is 2. The molecule has 1 aromatic carbocycles. The number of benzene rings is 1. The van der Waals surface area contributed by atoms with E-state index in [1.54, 1.807) is 6.07 Å². The lowest BCUT2D eigenvalue weighted by molar-refractivity contribution is 0.0946. The summed E-state index contributed by atoms with van der Waals surface area (Å²) in [5.41, 5.74) is 0.0937. The highest BCUT2D eigenvalue weighted by Gasteiger charge is 2.15. The molecule has 1 atom stereocenters. The third kappa shape index (κ3) is 5.04. The minimum atomic E-state index is -0.486. The number of rotatable bonds is 4. The van der Waals surface area contributed by atoms with Crippen LogP contribution in [0.25, 0.3) is 0 Å². The fourth-order valence-corrected chi connectivity index (χ4v) is 2.69. The average molecular weight is 366 g/mol. The number of halogens is 3. The Balaban J connectivity index is 0.00000200. The van der Waals surface area contributed by atoms with Crippen LogP contribution in [0.15, 0.2) is 22.7 Å². The van der Waals surface area contributed by atoms with Gasteiger partial charge in [-0.2, -0.15) is 0 Å². The van der Waals surface area contributed by atoms with Gasteiger partial charge in [-0.25, -0.2) is 4.39 Å². The normalized spacial score (nSPS) is 18.2. The predicted octanol–water partition coefficient (Wildman–Crippen LogP) is 3.13. The highest BCUT2D eigenvalue weighted by atomic mass is 79.9. The van der Waals surface area contributed by atoms with Crippen molar-refractivity contribution in [3.05, 3.63) is 34.1 Å². The Morgan fingerprint density at radius 2 is 2.30 bits per heavy atom. The van der Waals surface area contributed by atoms with Crippen molar-refractivity contribution < 1.29 is 9.18 Å². The van der Waals surface area contributed by atoms with E-state index in [0.29, 0.717) is 16.9 Å². The molecular weight excluding hydrogens is 347 g/mol. The van der Waals surface area contributed by atoms with Gasteiger partial charge in [0.25, 0.3) is 5.91 Å². The molecule has 1 saturated heterocycles.